The van der Waals surface area contributed by atoms with Gasteiger partial charge >= 0.3 is 6.09 Å². The average Bonchev–Trinajstić information content (AvgIpc) is 3.33. The molecule has 6 rings (SSSR count). The number of likely N-dealkylation sites (tertiary alicyclic amines) is 1. The summed E-state index contributed by atoms with van der Waals surface area (Å²) in [5, 5.41) is 0. The first-order valence-electron chi connectivity index (χ1n) is 14.2. The van der Waals surface area contributed by atoms with Crippen LogP contribution in [0.5, 0.6) is 0 Å². The molecular weight excluding hydrogens is 432 g/mol. The summed E-state index contributed by atoms with van der Waals surface area (Å²) in [4.78, 5) is 17.2. The molecule has 0 aromatic heterocycles. The van der Waals surface area contributed by atoms with Gasteiger partial charge in [-0.2, -0.15) is 0 Å². The number of carbonyl (C=O) groups excluding carboxylic acids is 1. The highest BCUT2D eigenvalue weighted by molar-refractivity contribution is 5.67. The molecule has 3 saturated carbocycles. The van der Waals surface area contributed by atoms with Gasteiger partial charge in [0.2, 0.25) is 0 Å². The second kappa shape index (κ2) is 8.64. The first kappa shape index (κ1) is 23.6. The third-order valence-corrected chi connectivity index (χ3v) is 11.5. The molecule has 5 aliphatic rings. The summed E-state index contributed by atoms with van der Waals surface area (Å²) in [5.41, 5.74) is 3.62. The molecule has 1 aliphatic heterocycles. The fourth-order valence-electron chi connectivity index (χ4n) is 9.68. The maximum Gasteiger partial charge on any atom is 0.410 e. The molecule has 0 bridgehead atoms. The molecule has 1 spiro atoms. The Bertz CT molecular complexity index is 991. The lowest BCUT2D eigenvalue weighted by atomic mass is 9.47. The second-order valence-corrected chi connectivity index (χ2v) is 13.0. The Morgan fingerprint density at radius 1 is 1.09 bits per heavy atom. The molecular formula is C31H44N2O2. The lowest BCUT2D eigenvalue weighted by Crippen LogP contribution is -2.52. The zero-order valence-corrected chi connectivity index (χ0v) is 22.2. The van der Waals surface area contributed by atoms with Gasteiger partial charge in [-0.05, 0) is 99.0 Å². The standard InChI is InChI=1S/C31H44N2O2/c1-21-26-12-13-28-25-11-10-23-18-24(35-29(34)32(3)19-22-8-6-5-7-9-22)14-16-30(23,2)27(25)15-17-31(26,28)20-33(21)4/h5-10,21,24-28H,11-20H2,1-4H3. The van der Waals surface area contributed by atoms with Crippen molar-refractivity contribution in [3.63, 3.8) is 0 Å². The fourth-order valence-corrected chi connectivity index (χ4v) is 9.68. The van der Waals surface area contributed by atoms with Crippen LogP contribution in [-0.4, -0.2) is 48.7 Å². The number of ether oxygens (including phenoxy) is 1. The Balaban J connectivity index is 1.13. The quantitative estimate of drug-likeness (QED) is 0.466. The van der Waals surface area contributed by atoms with Crippen molar-refractivity contribution in [2.75, 3.05) is 20.6 Å². The van der Waals surface area contributed by atoms with Crippen LogP contribution in [0.25, 0.3) is 0 Å². The van der Waals surface area contributed by atoms with Crippen LogP contribution < -0.4 is 0 Å². The summed E-state index contributed by atoms with van der Waals surface area (Å²) in [6.07, 6.45) is 12.5. The van der Waals surface area contributed by atoms with E-state index in [1.54, 1.807) is 10.5 Å². The summed E-state index contributed by atoms with van der Waals surface area (Å²) in [5.74, 6) is 3.50. The number of amides is 1. The molecule has 4 heteroatoms. The Morgan fingerprint density at radius 3 is 2.66 bits per heavy atom. The highest BCUT2D eigenvalue weighted by atomic mass is 16.6. The lowest BCUT2D eigenvalue weighted by Gasteiger charge is -2.58. The van der Waals surface area contributed by atoms with E-state index < -0.39 is 0 Å². The smallest absolute Gasteiger partial charge is 0.410 e. The number of allylic oxidation sites excluding steroid dienone is 1. The molecule has 4 aliphatic carbocycles. The molecule has 4 fully saturated rings. The van der Waals surface area contributed by atoms with Gasteiger partial charge in [0.1, 0.15) is 6.10 Å². The topological polar surface area (TPSA) is 32.8 Å². The van der Waals surface area contributed by atoms with Crippen molar-refractivity contribution in [3.8, 4) is 0 Å². The molecule has 0 radical (unpaired) electrons. The first-order chi connectivity index (χ1) is 16.8. The number of fused-ring (bicyclic) bond motifs is 4. The summed E-state index contributed by atoms with van der Waals surface area (Å²) in [6.45, 7) is 6.96. The normalized spacial score (nSPS) is 42.3. The fraction of sp³-hybridized carbons (Fsp3) is 0.710. The van der Waals surface area contributed by atoms with Crippen LogP contribution in [0.4, 0.5) is 4.79 Å². The molecule has 1 amide bonds. The molecule has 35 heavy (non-hydrogen) atoms. The number of rotatable bonds is 3. The van der Waals surface area contributed by atoms with Gasteiger partial charge in [-0.15, -0.1) is 0 Å². The van der Waals surface area contributed by atoms with E-state index in [9.17, 15) is 4.79 Å². The summed E-state index contributed by atoms with van der Waals surface area (Å²) < 4.78 is 6.04. The molecule has 0 N–H and O–H groups in total. The van der Waals surface area contributed by atoms with Crippen LogP contribution >= 0.6 is 0 Å². The van der Waals surface area contributed by atoms with Gasteiger partial charge in [-0.3, -0.25) is 0 Å². The molecule has 1 saturated heterocycles. The van der Waals surface area contributed by atoms with E-state index in [4.69, 9.17) is 4.74 Å². The molecule has 1 heterocycles. The molecule has 4 nitrogen and oxygen atoms in total. The minimum atomic E-state index is -0.187. The van der Waals surface area contributed by atoms with Crippen molar-refractivity contribution in [1.82, 2.24) is 9.80 Å². The van der Waals surface area contributed by atoms with E-state index in [0.29, 0.717) is 17.4 Å². The van der Waals surface area contributed by atoms with Crippen molar-refractivity contribution in [1.29, 1.82) is 0 Å². The lowest BCUT2D eigenvalue weighted by molar-refractivity contribution is -0.0502. The van der Waals surface area contributed by atoms with Gasteiger partial charge in [0, 0.05) is 32.6 Å². The van der Waals surface area contributed by atoms with Gasteiger partial charge in [-0.25, -0.2) is 4.79 Å². The predicted molar refractivity (Wildman–Crippen MR) is 140 cm³/mol. The Morgan fingerprint density at radius 2 is 1.86 bits per heavy atom. The van der Waals surface area contributed by atoms with Crippen molar-refractivity contribution in [2.24, 2.45) is 34.5 Å². The van der Waals surface area contributed by atoms with Gasteiger partial charge in [0.15, 0.2) is 0 Å². The zero-order valence-electron chi connectivity index (χ0n) is 22.2. The van der Waals surface area contributed by atoms with Crippen LogP contribution in [0.15, 0.2) is 42.0 Å². The van der Waals surface area contributed by atoms with Gasteiger partial charge in [-0.1, -0.05) is 48.9 Å². The maximum atomic E-state index is 12.8. The number of carbonyl (C=O) groups is 1. The van der Waals surface area contributed by atoms with E-state index in [0.717, 1.165) is 48.1 Å². The SMILES string of the molecule is CC1C2CCC3C4CC=C5CC(OC(=O)N(C)Cc6ccccc6)CCC5(C)C4CCC32CN1C. The van der Waals surface area contributed by atoms with Gasteiger partial charge in [0.25, 0.3) is 0 Å². The summed E-state index contributed by atoms with van der Waals surface area (Å²) in [7, 11) is 4.21. The van der Waals surface area contributed by atoms with Gasteiger partial charge < -0.3 is 14.5 Å². The number of nitrogens with zero attached hydrogens (tertiary/aromatic N) is 2. The molecule has 8 unspecified atom stereocenters. The largest absolute Gasteiger partial charge is 0.446 e. The van der Waals surface area contributed by atoms with Crippen molar-refractivity contribution in [2.45, 2.75) is 83.9 Å². The van der Waals surface area contributed by atoms with E-state index in [1.807, 2.05) is 25.2 Å². The third kappa shape index (κ3) is 3.69. The Labute approximate surface area is 212 Å². The second-order valence-electron chi connectivity index (χ2n) is 13.0. The molecule has 1 aromatic carbocycles. The van der Waals surface area contributed by atoms with Crippen molar-refractivity contribution in [3.05, 3.63) is 47.5 Å². The average molecular weight is 477 g/mol. The number of hydrogen-bond acceptors (Lipinski definition) is 3. The van der Waals surface area contributed by atoms with E-state index in [1.165, 1.54) is 45.1 Å². The third-order valence-electron chi connectivity index (χ3n) is 11.5. The van der Waals surface area contributed by atoms with Gasteiger partial charge in [0.05, 0.1) is 0 Å². The Kier molecular flexibility index (Phi) is 5.82. The molecule has 8 atom stereocenters. The predicted octanol–water partition coefficient (Wildman–Crippen LogP) is 6.52. The highest BCUT2D eigenvalue weighted by Crippen LogP contribution is 2.68. The minimum Gasteiger partial charge on any atom is -0.446 e. The zero-order chi connectivity index (χ0) is 24.4. The monoisotopic (exact) mass is 476 g/mol. The number of hydrogen-bond donors (Lipinski definition) is 0. The van der Waals surface area contributed by atoms with Crippen molar-refractivity contribution >= 4 is 6.09 Å². The minimum absolute atomic E-state index is 0.0201. The van der Waals surface area contributed by atoms with Crippen LogP contribution in [0, 0.1) is 34.5 Å². The highest BCUT2D eigenvalue weighted by Gasteiger charge is 2.64. The van der Waals surface area contributed by atoms with Crippen LogP contribution in [0.2, 0.25) is 0 Å². The molecule has 1 aromatic rings. The van der Waals surface area contributed by atoms with E-state index >= 15 is 0 Å². The van der Waals surface area contributed by atoms with Crippen LogP contribution in [0.3, 0.4) is 0 Å². The molecule has 190 valence electrons. The van der Waals surface area contributed by atoms with Crippen molar-refractivity contribution < 1.29 is 9.53 Å². The van der Waals surface area contributed by atoms with Crippen LogP contribution in [0.1, 0.15) is 70.8 Å². The maximum absolute atomic E-state index is 12.8. The summed E-state index contributed by atoms with van der Waals surface area (Å²) >= 11 is 0. The first-order valence-corrected chi connectivity index (χ1v) is 14.2. The number of benzene rings is 1. The Hall–Kier alpha value is -1.81. The van der Waals surface area contributed by atoms with Crippen LogP contribution in [-0.2, 0) is 11.3 Å². The summed E-state index contributed by atoms with van der Waals surface area (Å²) in [6, 6.07) is 10.9. The van der Waals surface area contributed by atoms with E-state index in [2.05, 4.69) is 44.0 Å². The van der Waals surface area contributed by atoms with E-state index in [-0.39, 0.29) is 12.2 Å².